The van der Waals surface area contributed by atoms with Crippen molar-refractivity contribution in [1.82, 2.24) is 4.68 Å². The van der Waals surface area contributed by atoms with Crippen molar-refractivity contribution in [3.8, 4) is 28.8 Å². The number of rotatable bonds is 6. The van der Waals surface area contributed by atoms with Crippen molar-refractivity contribution in [3.63, 3.8) is 0 Å². The summed E-state index contributed by atoms with van der Waals surface area (Å²) >= 11 is 0. The molecule has 3 rings (SSSR count). The maximum atomic E-state index is 13.2. The third kappa shape index (κ3) is 6.37. The molecule has 2 N–H and O–H groups in total. The quantitative estimate of drug-likeness (QED) is 0.537. The van der Waals surface area contributed by atoms with E-state index in [-0.39, 0.29) is 17.9 Å². The molecule has 1 aliphatic rings. The predicted octanol–water partition coefficient (Wildman–Crippen LogP) is 3.92. The Kier molecular flexibility index (Phi) is 9.27. The number of aromatic nitrogens is 1. The minimum absolute atomic E-state index is 0.0435. The van der Waals surface area contributed by atoms with E-state index in [1.165, 1.54) is 31.5 Å². The third-order valence-corrected chi connectivity index (χ3v) is 7.31. The van der Waals surface area contributed by atoms with Crippen LogP contribution in [0.1, 0.15) is 69.4 Å². The van der Waals surface area contributed by atoms with Crippen LogP contribution in [0.3, 0.4) is 0 Å². The molecule has 202 valence electrons. The summed E-state index contributed by atoms with van der Waals surface area (Å²) in [6.07, 6.45) is 3.17. The number of pyridine rings is 1. The molecule has 2 heterocycles. The van der Waals surface area contributed by atoms with Gasteiger partial charge in [-0.05, 0) is 50.8 Å². The number of fused-ring (bicyclic) bond motifs is 3. The molecule has 1 aromatic heterocycles. The van der Waals surface area contributed by atoms with Gasteiger partial charge in [-0.15, -0.1) is 0 Å². The van der Waals surface area contributed by atoms with Gasteiger partial charge in [-0.3, -0.25) is 13.7 Å². The minimum Gasteiger partial charge on any atom is -0.477 e. The van der Waals surface area contributed by atoms with Crippen molar-refractivity contribution in [2.45, 2.75) is 71.6 Å². The molecule has 0 radical (unpaired) electrons. The summed E-state index contributed by atoms with van der Waals surface area (Å²) in [7, 11) is -1.73. The number of nitrogens with zero attached hydrogens (tertiary/aromatic N) is 2. The summed E-state index contributed by atoms with van der Waals surface area (Å²) in [5, 5.41) is 21.6. The first-order valence-electron chi connectivity index (χ1n) is 11.7. The van der Waals surface area contributed by atoms with Crippen molar-refractivity contribution >= 4 is 16.8 Å². The van der Waals surface area contributed by atoms with Crippen LogP contribution in [0, 0.1) is 11.8 Å². The van der Waals surface area contributed by atoms with Gasteiger partial charge < -0.3 is 20.0 Å². The summed E-state index contributed by atoms with van der Waals surface area (Å²) in [6.45, 7) is 8.16. The maximum Gasteiger partial charge on any atom is 0.387 e. The Labute approximate surface area is 217 Å². The van der Waals surface area contributed by atoms with Crippen LogP contribution in [0.4, 0.5) is 8.78 Å². The van der Waals surface area contributed by atoms with Crippen molar-refractivity contribution in [2.24, 2.45) is 0 Å². The normalized spacial score (nSPS) is 14.7. The topological polar surface area (TPSA) is 109 Å². The van der Waals surface area contributed by atoms with Gasteiger partial charge in [-0.2, -0.15) is 8.78 Å². The van der Waals surface area contributed by atoms with Crippen molar-refractivity contribution in [1.29, 1.82) is 0 Å². The van der Waals surface area contributed by atoms with Gasteiger partial charge in [-0.25, -0.2) is 4.79 Å². The number of hydrogen-bond acceptors (Lipinski definition) is 6. The minimum atomic E-state index is -3.18. The average molecular weight is 539 g/mol. The highest BCUT2D eigenvalue weighted by Crippen LogP contribution is 2.37. The second-order valence-corrected chi connectivity index (χ2v) is 10.6. The van der Waals surface area contributed by atoms with E-state index >= 15 is 0 Å². The van der Waals surface area contributed by atoms with Gasteiger partial charge in [0.25, 0.3) is 0 Å². The Hall–Kier alpha value is -3.23. The Balaban J connectivity index is 0.00000235. The first kappa shape index (κ1) is 30.0. The lowest BCUT2D eigenvalue weighted by molar-refractivity contribution is -0.0500. The van der Waals surface area contributed by atoms with Crippen LogP contribution >= 0.6 is 0 Å². The van der Waals surface area contributed by atoms with Gasteiger partial charge >= 0.3 is 12.6 Å². The molecule has 0 aliphatic carbocycles. The summed E-state index contributed by atoms with van der Waals surface area (Å²) < 4.78 is 44.4. The van der Waals surface area contributed by atoms with Crippen LogP contribution < -0.4 is 15.2 Å². The van der Waals surface area contributed by atoms with Crippen LogP contribution in [0.15, 0.2) is 29.2 Å². The summed E-state index contributed by atoms with van der Waals surface area (Å²) in [4.78, 5) is 22.3. The van der Waals surface area contributed by atoms with E-state index in [0.717, 1.165) is 6.07 Å². The van der Waals surface area contributed by atoms with Gasteiger partial charge in [0.15, 0.2) is 10.4 Å². The first-order valence-corrected chi connectivity index (χ1v) is 13.2. The smallest absolute Gasteiger partial charge is 0.387 e. The monoisotopic (exact) mass is 538 g/mol. The highest BCUT2D eigenvalue weighted by Gasteiger charge is 2.33. The maximum absolute atomic E-state index is 13.2. The van der Waals surface area contributed by atoms with Crippen molar-refractivity contribution in [3.05, 3.63) is 51.3 Å². The zero-order chi connectivity index (χ0) is 28.3. The molecular formula is C26H32F2N2O6S. The van der Waals surface area contributed by atoms with E-state index in [0.29, 0.717) is 23.2 Å². The first-order chi connectivity index (χ1) is 17.2. The second-order valence-electron chi connectivity index (χ2n) is 8.88. The van der Waals surface area contributed by atoms with E-state index in [2.05, 4.69) is 16.6 Å². The number of halogens is 2. The van der Waals surface area contributed by atoms with E-state index in [4.69, 9.17) is 0 Å². The molecule has 37 heavy (non-hydrogen) atoms. The lowest BCUT2D eigenvalue weighted by Crippen LogP contribution is -2.52. The van der Waals surface area contributed by atoms with Gasteiger partial charge in [0, 0.05) is 24.1 Å². The zero-order valence-corrected chi connectivity index (χ0v) is 22.7. The lowest BCUT2D eigenvalue weighted by atomic mass is 9.94. The molecule has 0 spiro atoms. The number of hydrogen-bond donors (Lipinski definition) is 2. The Bertz CT molecular complexity index is 1320. The van der Waals surface area contributed by atoms with Gasteiger partial charge in [0.1, 0.15) is 11.3 Å². The highest BCUT2D eigenvalue weighted by atomic mass is 32.2. The molecule has 0 amide bonds. The van der Waals surface area contributed by atoms with Crippen LogP contribution in [0.5, 0.6) is 5.75 Å². The largest absolute Gasteiger partial charge is 0.477 e. The number of alkyl halides is 2. The fourth-order valence-corrected chi connectivity index (χ4v) is 3.75. The molecule has 0 bridgehead atoms. The molecule has 0 saturated heterocycles. The molecule has 2 atom stereocenters. The van der Waals surface area contributed by atoms with Crippen molar-refractivity contribution < 1.29 is 32.7 Å². The van der Waals surface area contributed by atoms with E-state index in [1.807, 2.05) is 39.6 Å². The van der Waals surface area contributed by atoms with Crippen molar-refractivity contribution in [2.75, 3.05) is 11.3 Å². The number of carboxylic acid groups (broad SMARTS) is 1. The highest BCUT2D eigenvalue weighted by molar-refractivity contribution is 7.85. The Morgan fingerprint density at radius 1 is 1.24 bits per heavy atom. The standard InChI is InChI=1S/C24H26F2N2O6S.C2H6/c1-6-23(2,3)28-12-15-9-14(7-8-24(4,32)35(5)33)20(34-22(25)26)10-16(15)18-11-19(29)17(21(30)31)13-27(18)28;1-2/h9-11,13,22,32H,6,12H2,1-5H3,(H,30,31);1-2H3. The molecule has 2 unspecified atom stereocenters. The summed E-state index contributed by atoms with van der Waals surface area (Å²) in [5.41, 5.74) is -0.260. The Morgan fingerprint density at radius 2 is 1.86 bits per heavy atom. The Morgan fingerprint density at radius 3 is 2.38 bits per heavy atom. The second kappa shape index (κ2) is 11.4. The number of aromatic carboxylic acids is 1. The number of aliphatic hydroxyl groups is 1. The SMILES string of the molecule is CC.CCC(C)(C)N1Cc2cc(C#CC(C)(O)S(C)=O)c(OC(F)F)cc2-c2cc(=O)c(C(=O)O)cn21. The predicted molar refractivity (Wildman–Crippen MR) is 139 cm³/mol. The fraction of sp³-hybridized carbons (Fsp3) is 0.462. The number of carbonyl (C=O) groups is 1. The van der Waals surface area contributed by atoms with Gasteiger partial charge in [0.2, 0.25) is 0 Å². The average Bonchev–Trinajstić information content (AvgIpc) is 2.82. The molecule has 2 aromatic rings. The molecule has 0 fully saturated rings. The third-order valence-electron chi connectivity index (χ3n) is 6.09. The van der Waals surface area contributed by atoms with E-state index < -0.39 is 44.8 Å². The van der Waals surface area contributed by atoms with E-state index in [1.54, 1.807) is 4.68 Å². The number of benzene rings is 1. The fourth-order valence-electron chi connectivity index (χ4n) is 3.55. The molecule has 1 aliphatic heterocycles. The molecule has 11 heteroatoms. The molecule has 8 nitrogen and oxygen atoms in total. The lowest BCUT2D eigenvalue weighted by Gasteiger charge is -2.45. The summed E-state index contributed by atoms with van der Waals surface area (Å²) in [6, 6.07) is 3.99. The number of ether oxygens (including phenoxy) is 1. The number of carboxylic acids is 1. The van der Waals surface area contributed by atoms with Gasteiger partial charge in [-0.1, -0.05) is 26.7 Å². The van der Waals surface area contributed by atoms with Crippen LogP contribution in [-0.4, -0.2) is 48.4 Å². The van der Waals surface area contributed by atoms with Crippen LogP contribution in [-0.2, 0) is 17.3 Å². The van der Waals surface area contributed by atoms with Crippen LogP contribution in [0.2, 0.25) is 0 Å². The zero-order valence-electron chi connectivity index (χ0n) is 21.9. The molecular weight excluding hydrogens is 506 g/mol. The van der Waals surface area contributed by atoms with E-state index in [9.17, 15) is 32.8 Å². The molecule has 1 aromatic carbocycles. The summed E-state index contributed by atoms with van der Waals surface area (Å²) in [5.74, 6) is 3.37. The molecule has 0 saturated carbocycles. The van der Waals surface area contributed by atoms with Gasteiger partial charge in [0.05, 0.1) is 34.1 Å². The van der Waals surface area contributed by atoms with Crippen LogP contribution in [0.25, 0.3) is 11.3 Å².